The minimum atomic E-state index is 0.0481. The molecule has 0 aromatic heterocycles. The molecule has 128 valence electrons. The maximum absolute atomic E-state index is 12.3. The molecule has 1 saturated heterocycles. The zero-order valence-electron chi connectivity index (χ0n) is 14.4. The lowest BCUT2D eigenvalue weighted by Gasteiger charge is -2.34. The van der Waals surface area contributed by atoms with Crippen molar-refractivity contribution in [3.05, 3.63) is 0 Å². The van der Waals surface area contributed by atoms with Crippen molar-refractivity contribution in [2.75, 3.05) is 45.8 Å². The number of nitrogens with zero attached hydrogens (tertiary/aromatic N) is 2. The quantitative estimate of drug-likeness (QED) is 0.664. The Balaban J connectivity index is 2.26. The van der Waals surface area contributed by atoms with Gasteiger partial charge in [0.1, 0.15) is 0 Å². The molecule has 0 atom stereocenters. The van der Waals surface area contributed by atoms with E-state index in [0.717, 1.165) is 45.4 Å². The number of piperidine rings is 1. The fourth-order valence-corrected chi connectivity index (χ4v) is 2.75. The van der Waals surface area contributed by atoms with Gasteiger partial charge in [-0.05, 0) is 39.7 Å². The summed E-state index contributed by atoms with van der Waals surface area (Å²) in [6.45, 7) is 11.4. The topological polar surface area (TPSA) is 64.7 Å². The molecule has 1 fully saturated rings. The summed E-state index contributed by atoms with van der Waals surface area (Å²) < 4.78 is 0. The van der Waals surface area contributed by atoms with Crippen molar-refractivity contribution in [2.24, 2.45) is 5.92 Å². The minimum Gasteiger partial charge on any atom is -0.355 e. The number of amides is 3. The Hall–Kier alpha value is -1.30. The summed E-state index contributed by atoms with van der Waals surface area (Å²) in [7, 11) is 0. The van der Waals surface area contributed by atoms with Gasteiger partial charge >= 0.3 is 6.03 Å². The van der Waals surface area contributed by atoms with Crippen LogP contribution in [0.1, 0.15) is 40.0 Å². The van der Waals surface area contributed by atoms with Crippen LogP contribution in [-0.2, 0) is 4.79 Å². The van der Waals surface area contributed by atoms with Crippen molar-refractivity contribution in [3.63, 3.8) is 0 Å². The van der Waals surface area contributed by atoms with Crippen LogP contribution >= 0.6 is 0 Å². The first-order valence-electron chi connectivity index (χ1n) is 8.66. The van der Waals surface area contributed by atoms with Crippen LogP contribution in [0.2, 0.25) is 0 Å². The Morgan fingerprint density at radius 1 is 1.05 bits per heavy atom. The molecule has 0 radical (unpaired) electrons. The summed E-state index contributed by atoms with van der Waals surface area (Å²) in [5.74, 6) is 0.181. The van der Waals surface area contributed by atoms with Crippen LogP contribution in [0.25, 0.3) is 0 Å². The first-order valence-corrected chi connectivity index (χ1v) is 8.66. The fourth-order valence-electron chi connectivity index (χ4n) is 2.75. The van der Waals surface area contributed by atoms with E-state index >= 15 is 0 Å². The molecule has 3 amide bonds. The third-order valence-corrected chi connectivity index (χ3v) is 4.20. The van der Waals surface area contributed by atoms with E-state index in [-0.39, 0.29) is 17.9 Å². The number of carbonyl (C=O) groups is 2. The summed E-state index contributed by atoms with van der Waals surface area (Å²) in [6, 6.07) is 0.104. The molecule has 0 unspecified atom stereocenters. The Morgan fingerprint density at radius 3 is 2.23 bits per heavy atom. The SMILES string of the molecule is CCCNCCNC(=O)C1CCN(C(=O)N(CC)CC)CC1. The summed E-state index contributed by atoms with van der Waals surface area (Å²) in [4.78, 5) is 28.1. The van der Waals surface area contributed by atoms with Crippen LogP contribution in [-0.4, -0.2) is 67.6 Å². The van der Waals surface area contributed by atoms with Gasteiger partial charge in [-0.15, -0.1) is 0 Å². The van der Waals surface area contributed by atoms with Crippen LogP contribution in [0.3, 0.4) is 0 Å². The Labute approximate surface area is 134 Å². The van der Waals surface area contributed by atoms with E-state index < -0.39 is 0 Å². The molecule has 0 aromatic carbocycles. The predicted molar refractivity (Wildman–Crippen MR) is 88.8 cm³/mol. The van der Waals surface area contributed by atoms with Crippen LogP contribution < -0.4 is 10.6 Å². The average Bonchev–Trinajstić information content (AvgIpc) is 2.55. The van der Waals surface area contributed by atoms with E-state index in [2.05, 4.69) is 17.6 Å². The molecule has 6 heteroatoms. The summed E-state index contributed by atoms with van der Waals surface area (Å²) in [6.07, 6.45) is 2.63. The lowest BCUT2D eigenvalue weighted by molar-refractivity contribution is -0.126. The van der Waals surface area contributed by atoms with Crippen LogP contribution in [0.4, 0.5) is 4.79 Å². The molecule has 6 nitrogen and oxygen atoms in total. The molecule has 0 bridgehead atoms. The van der Waals surface area contributed by atoms with Gasteiger partial charge in [0.05, 0.1) is 0 Å². The zero-order valence-corrected chi connectivity index (χ0v) is 14.4. The van der Waals surface area contributed by atoms with Crippen molar-refractivity contribution in [2.45, 2.75) is 40.0 Å². The van der Waals surface area contributed by atoms with E-state index in [1.54, 1.807) is 0 Å². The Bertz CT molecular complexity index is 337. The lowest BCUT2D eigenvalue weighted by Crippen LogP contribution is -2.48. The van der Waals surface area contributed by atoms with E-state index in [1.165, 1.54) is 0 Å². The molecule has 22 heavy (non-hydrogen) atoms. The third-order valence-electron chi connectivity index (χ3n) is 4.20. The van der Waals surface area contributed by atoms with Gasteiger partial charge in [-0.2, -0.15) is 0 Å². The molecule has 0 spiro atoms. The highest BCUT2D eigenvalue weighted by molar-refractivity contribution is 5.79. The highest BCUT2D eigenvalue weighted by Gasteiger charge is 2.28. The maximum Gasteiger partial charge on any atom is 0.319 e. The molecule has 1 heterocycles. The monoisotopic (exact) mass is 312 g/mol. The molecule has 1 aliphatic rings. The van der Waals surface area contributed by atoms with Crippen molar-refractivity contribution < 1.29 is 9.59 Å². The summed E-state index contributed by atoms with van der Waals surface area (Å²) in [5.41, 5.74) is 0. The second kappa shape index (κ2) is 10.4. The van der Waals surface area contributed by atoms with Crippen LogP contribution in [0.5, 0.6) is 0 Å². The fraction of sp³-hybridized carbons (Fsp3) is 0.875. The molecule has 0 aliphatic carbocycles. The molecular weight excluding hydrogens is 280 g/mol. The number of rotatable bonds is 8. The van der Waals surface area contributed by atoms with Crippen LogP contribution in [0, 0.1) is 5.92 Å². The minimum absolute atomic E-state index is 0.0481. The molecule has 0 aromatic rings. The molecule has 0 saturated carbocycles. The molecular formula is C16H32N4O2. The number of urea groups is 1. The van der Waals surface area contributed by atoms with Gasteiger partial charge in [0, 0.05) is 45.2 Å². The normalized spacial score (nSPS) is 15.7. The third kappa shape index (κ3) is 5.83. The van der Waals surface area contributed by atoms with E-state index in [4.69, 9.17) is 0 Å². The highest BCUT2D eigenvalue weighted by atomic mass is 16.2. The highest BCUT2D eigenvalue weighted by Crippen LogP contribution is 2.18. The van der Waals surface area contributed by atoms with Gasteiger partial charge in [0.25, 0.3) is 0 Å². The molecule has 1 rings (SSSR count). The van der Waals surface area contributed by atoms with Gasteiger partial charge in [-0.25, -0.2) is 4.79 Å². The lowest BCUT2D eigenvalue weighted by atomic mass is 9.96. The smallest absolute Gasteiger partial charge is 0.319 e. The summed E-state index contributed by atoms with van der Waals surface area (Å²) in [5, 5.41) is 6.25. The zero-order chi connectivity index (χ0) is 16.4. The second-order valence-electron chi connectivity index (χ2n) is 5.76. The standard InChI is InChI=1S/C16H32N4O2/c1-4-9-17-10-11-18-15(21)14-7-12-20(13-8-14)16(22)19(5-2)6-3/h14,17H,4-13H2,1-3H3,(H,18,21). The van der Waals surface area contributed by atoms with Crippen molar-refractivity contribution in [3.8, 4) is 0 Å². The summed E-state index contributed by atoms with van der Waals surface area (Å²) >= 11 is 0. The van der Waals surface area contributed by atoms with Gasteiger partial charge in [-0.1, -0.05) is 6.92 Å². The molecule has 1 aliphatic heterocycles. The largest absolute Gasteiger partial charge is 0.355 e. The predicted octanol–water partition coefficient (Wildman–Crippen LogP) is 1.28. The van der Waals surface area contributed by atoms with Crippen molar-refractivity contribution >= 4 is 11.9 Å². The van der Waals surface area contributed by atoms with Gasteiger partial charge in [-0.3, -0.25) is 4.79 Å². The first kappa shape index (κ1) is 18.7. The van der Waals surface area contributed by atoms with Crippen LogP contribution in [0.15, 0.2) is 0 Å². The maximum atomic E-state index is 12.3. The van der Waals surface area contributed by atoms with E-state index in [1.807, 2.05) is 23.6 Å². The number of hydrogen-bond donors (Lipinski definition) is 2. The molecule has 2 N–H and O–H groups in total. The van der Waals surface area contributed by atoms with Crippen molar-refractivity contribution in [1.82, 2.24) is 20.4 Å². The number of carbonyl (C=O) groups excluding carboxylic acids is 2. The number of hydrogen-bond acceptors (Lipinski definition) is 3. The van der Waals surface area contributed by atoms with E-state index in [9.17, 15) is 9.59 Å². The van der Waals surface area contributed by atoms with Gasteiger partial charge in [0.2, 0.25) is 5.91 Å². The van der Waals surface area contributed by atoms with Gasteiger partial charge < -0.3 is 20.4 Å². The Kier molecular flexibility index (Phi) is 8.89. The van der Waals surface area contributed by atoms with Crippen molar-refractivity contribution in [1.29, 1.82) is 0 Å². The second-order valence-corrected chi connectivity index (χ2v) is 5.76. The number of likely N-dealkylation sites (tertiary alicyclic amines) is 1. The van der Waals surface area contributed by atoms with Gasteiger partial charge in [0.15, 0.2) is 0 Å². The first-order chi connectivity index (χ1) is 10.6. The average molecular weight is 312 g/mol. The Morgan fingerprint density at radius 2 is 1.68 bits per heavy atom. The van der Waals surface area contributed by atoms with E-state index in [0.29, 0.717) is 19.6 Å². The number of nitrogens with one attached hydrogen (secondary N) is 2.